The summed E-state index contributed by atoms with van der Waals surface area (Å²) in [6, 6.07) is 4.56. The second kappa shape index (κ2) is 8.42. The maximum atomic E-state index is 13.3. The van der Waals surface area contributed by atoms with E-state index < -0.39 is 16.1 Å². The van der Waals surface area contributed by atoms with Crippen LogP contribution in [-0.2, 0) is 10.0 Å². The Kier molecular flexibility index (Phi) is 6.35. The van der Waals surface area contributed by atoms with Crippen molar-refractivity contribution >= 4 is 10.0 Å². The van der Waals surface area contributed by atoms with Crippen LogP contribution < -0.4 is 4.74 Å². The van der Waals surface area contributed by atoms with E-state index in [0.717, 1.165) is 18.4 Å². The summed E-state index contributed by atoms with van der Waals surface area (Å²) in [5, 5.41) is 9.64. The number of rotatable bonds is 4. The van der Waals surface area contributed by atoms with Gasteiger partial charge in [0.05, 0.1) is 6.61 Å². The standard InChI is InChI=1S/C21H30N2O4S/c1-15-12-23(16(2)14-24)28(25,26)21-10-9-18(8-7-17-5-6-17)11-19(21)27-20(15)13-22(3)4/h9-11,15-17,20,24H,5-6,12-14H2,1-4H3/t15-,16-,20+/m0/s1. The summed E-state index contributed by atoms with van der Waals surface area (Å²) in [5.41, 5.74) is 0.763. The smallest absolute Gasteiger partial charge is 0.247 e. The zero-order valence-electron chi connectivity index (χ0n) is 17.1. The quantitative estimate of drug-likeness (QED) is 0.772. The van der Waals surface area contributed by atoms with E-state index in [1.165, 1.54) is 4.31 Å². The second-order valence-corrected chi connectivity index (χ2v) is 10.1. The van der Waals surface area contributed by atoms with Crippen LogP contribution in [0, 0.1) is 23.7 Å². The molecule has 0 bridgehead atoms. The van der Waals surface area contributed by atoms with Crippen LogP contribution in [0.3, 0.4) is 0 Å². The number of fused-ring (bicyclic) bond motifs is 1. The molecule has 1 saturated carbocycles. The normalized spacial score (nSPS) is 25.6. The molecule has 1 fully saturated rings. The van der Waals surface area contributed by atoms with Gasteiger partial charge in [0, 0.05) is 36.5 Å². The molecule has 0 radical (unpaired) electrons. The number of hydrogen-bond donors (Lipinski definition) is 1. The van der Waals surface area contributed by atoms with Gasteiger partial charge in [-0.2, -0.15) is 4.31 Å². The van der Waals surface area contributed by atoms with Crippen LogP contribution in [0.5, 0.6) is 5.75 Å². The van der Waals surface area contributed by atoms with Gasteiger partial charge in [0.1, 0.15) is 16.7 Å². The zero-order valence-corrected chi connectivity index (χ0v) is 17.9. The van der Waals surface area contributed by atoms with Crippen LogP contribution >= 0.6 is 0 Å². The van der Waals surface area contributed by atoms with Crippen molar-refractivity contribution in [2.75, 3.05) is 33.8 Å². The van der Waals surface area contributed by atoms with Gasteiger partial charge in [0.15, 0.2) is 0 Å². The van der Waals surface area contributed by atoms with E-state index in [1.807, 2.05) is 25.9 Å². The average molecular weight is 407 g/mol. The van der Waals surface area contributed by atoms with Crippen LogP contribution in [0.15, 0.2) is 23.1 Å². The Balaban J connectivity index is 2.07. The Morgan fingerprint density at radius 3 is 2.68 bits per heavy atom. The number of aliphatic hydroxyl groups excluding tert-OH is 1. The third-order valence-corrected chi connectivity index (χ3v) is 7.23. The van der Waals surface area contributed by atoms with Gasteiger partial charge in [-0.05, 0) is 52.1 Å². The van der Waals surface area contributed by atoms with Crippen LogP contribution in [0.25, 0.3) is 0 Å². The predicted octanol–water partition coefficient (Wildman–Crippen LogP) is 1.78. The second-order valence-electron chi connectivity index (χ2n) is 8.21. The summed E-state index contributed by atoms with van der Waals surface area (Å²) in [6.07, 6.45) is 2.10. The van der Waals surface area contributed by atoms with E-state index >= 15 is 0 Å². The number of sulfonamides is 1. The van der Waals surface area contributed by atoms with Gasteiger partial charge in [-0.15, -0.1) is 0 Å². The Bertz CT molecular complexity index is 868. The Labute approximate surface area is 168 Å². The van der Waals surface area contributed by atoms with E-state index in [4.69, 9.17) is 4.74 Å². The van der Waals surface area contributed by atoms with Crippen molar-refractivity contribution in [2.45, 2.75) is 43.7 Å². The third kappa shape index (κ3) is 4.69. The number of aliphatic hydroxyl groups is 1. The SMILES string of the molecule is C[C@H]1CN([C@@H](C)CO)S(=O)(=O)c2ccc(C#CC3CC3)cc2O[C@@H]1CN(C)C. The molecule has 0 unspecified atom stereocenters. The monoisotopic (exact) mass is 406 g/mol. The minimum absolute atomic E-state index is 0.0412. The molecule has 0 spiro atoms. The van der Waals surface area contributed by atoms with Crippen molar-refractivity contribution < 1.29 is 18.3 Å². The average Bonchev–Trinajstić information content (AvgIpc) is 3.46. The van der Waals surface area contributed by atoms with E-state index in [2.05, 4.69) is 11.8 Å². The van der Waals surface area contributed by atoms with Crippen molar-refractivity contribution in [1.29, 1.82) is 0 Å². The van der Waals surface area contributed by atoms with E-state index in [0.29, 0.717) is 24.8 Å². The lowest BCUT2D eigenvalue weighted by Gasteiger charge is -2.37. The van der Waals surface area contributed by atoms with Crippen molar-refractivity contribution in [3.8, 4) is 17.6 Å². The molecule has 2 aliphatic rings. The molecule has 3 rings (SSSR count). The van der Waals surface area contributed by atoms with Gasteiger partial charge in [-0.25, -0.2) is 8.42 Å². The van der Waals surface area contributed by atoms with Gasteiger partial charge in [0.25, 0.3) is 0 Å². The predicted molar refractivity (Wildman–Crippen MR) is 109 cm³/mol. The first-order valence-corrected chi connectivity index (χ1v) is 11.3. The Hall–Kier alpha value is -1.59. The fourth-order valence-corrected chi connectivity index (χ4v) is 5.12. The van der Waals surface area contributed by atoms with Crippen LogP contribution in [0.4, 0.5) is 0 Å². The summed E-state index contributed by atoms with van der Waals surface area (Å²) < 4.78 is 34.3. The van der Waals surface area contributed by atoms with E-state index in [1.54, 1.807) is 25.1 Å². The largest absolute Gasteiger partial charge is 0.487 e. The first-order chi connectivity index (χ1) is 13.2. The van der Waals surface area contributed by atoms with E-state index in [-0.39, 0.29) is 23.5 Å². The summed E-state index contributed by atoms with van der Waals surface area (Å²) >= 11 is 0. The number of hydrogen-bond acceptors (Lipinski definition) is 5. The number of nitrogens with zero attached hydrogens (tertiary/aromatic N) is 2. The first-order valence-electron chi connectivity index (χ1n) is 9.82. The third-order valence-electron chi connectivity index (χ3n) is 5.21. The fraction of sp³-hybridized carbons (Fsp3) is 0.619. The molecule has 0 saturated heterocycles. The van der Waals surface area contributed by atoms with Crippen molar-refractivity contribution in [3.63, 3.8) is 0 Å². The molecular formula is C21H30N2O4S. The van der Waals surface area contributed by atoms with Crippen molar-refractivity contribution in [2.24, 2.45) is 11.8 Å². The minimum atomic E-state index is -3.79. The Morgan fingerprint density at radius 1 is 1.36 bits per heavy atom. The molecule has 0 aromatic heterocycles. The molecule has 1 N–H and O–H groups in total. The molecule has 1 aliphatic heterocycles. The summed E-state index contributed by atoms with van der Waals surface area (Å²) in [6.45, 7) is 4.45. The molecule has 1 heterocycles. The van der Waals surface area contributed by atoms with Crippen LogP contribution in [-0.4, -0.2) is 68.7 Å². The molecule has 154 valence electrons. The summed E-state index contributed by atoms with van der Waals surface area (Å²) in [4.78, 5) is 2.17. The lowest BCUT2D eigenvalue weighted by atomic mass is 10.0. The molecule has 3 atom stereocenters. The minimum Gasteiger partial charge on any atom is -0.487 e. The molecule has 0 amide bonds. The van der Waals surface area contributed by atoms with Gasteiger partial charge in [0.2, 0.25) is 10.0 Å². The van der Waals surface area contributed by atoms with E-state index in [9.17, 15) is 13.5 Å². The fourth-order valence-electron chi connectivity index (χ4n) is 3.29. The number of ether oxygens (including phenoxy) is 1. The maximum absolute atomic E-state index is 13.3. The molecule has 6 nitrogen and oxygen atoms in total. The molecular weight excluding hydrogens is 376 g/mol. The number of likely N-dealkylation sites (N-methyl/N-ethyl adjacent to an activating group) is 1. The lowest BCUT2D eigenvalue weighted by molar-refractivity contribution is 0.0812. The molecule has 7 heteroatoms. The molecule has 1 aromatic carbocycles. The number of benzene rings is 1. The van der Waals surface area contributed by atoms with Gasteiger partial charge in [-0.3, -0.25) is 0 Å². The highest BCUT2D eigenvalue weighted by Gasteiger charge is 2.37. The highest BCUT2D eigenvalue weighted by Crippen LogP contribution is 2.34. The molecule has 1 aliphatic carbocycles. The summed E-state index contributed by atoms with van der Waals surface area (Å²) in [7, 11) is 0.153. The molecule has 28 heavy (non-hydrogen) atoms. The van der Waals surface area contributed by atoms with Crippen molar-refractivity contribution in [3.05, 3.63) is 23.8 Å². The van der Waals surface area contributed by atoms with Gasteiger partial charge >= 0.3 is 0 Å². The summed E-state index contributed by atoms with van der Waals surface area (Å²) in [5.74, 6) is 7.12. The Morgan fingerprint density at radius 2 is 2.07 bits per heavy atom. The maximum Gasteiger partial charge on any atom is 0.247 e. The van der Waals surface area contributed by atoms with Crippen LogP contribution in [0.1, 0.15) is 32.3 Å². The van der Waals surface area contributed by atoms with Crippen LogP contribution in [0.2, 0.25) is 0 Å². The highest BCUT2D eigenvalue weighted by atomic mass is 32.2. The highest BCUT2D eigenvalue weighted by molar-refractivity contribution is 7.89. The topological polar surface area (TPSA) is 70.1 Å². The van der Waals surface area contributed by atoms with Gasteiger partial charge < -0.3 is 14.7 Å². The zero-order chi connectivity index (χ0) is 20.5. The van der Waals surface area contributed by atoms with Crippen molar-refractivity contribution in [1.82, 2.24) is 9.21 Å². The molecule has 1 aromatic rings. The first kappa shape index (κ1) is 21.1. The van der Waals surface area contributed by atoms with Gasteiger partial charge in [-0.1, -0.05) is 18.8 Å². The lowest BCUT2D eigenvalue weighted by Crippen LogP contribution is -2.49.